The molecule has 1 fully saturated rings. The van der Waals surface area contributed by atoms with Gasteiger partial charge in [0.05, 0.1) is 12.2 Å². The normalized spacial score (nSPS) is 35.6. The predicted molar refractivity (Wildman–Crippen MR) is 61.3 cm³/mol. The van der Waals surface area contributed by atoms with Gasteiger partial charge in [-0.25, -0.2) is 0 Å². The Kier molecular flexibility index (Phi) is 4.00. The van der Waals surface area contributed by atoms with Crippen molar-refractivity contribution in [3.8, 4) is 0 Å². The summed E-state index contributed by atoms with van der Waals surface area (Å²) in [5.41, 5.74) is 0. The van der Waals surface area contributed by atoms with E-state index < -0.39 is 0 Å². The second-order valence-corrected chi connectivity index (χ2v) is 5.66. The third-order valence-corrected chi connectivity index (χ3v) is 3.84. The topological polar surface area (TPSA) is 9.23 Å². The second-order valence-electron chi connectivity index (χ2n) is 5.66. The zero-order chi connectivity index (χ0) is 10.9. The fraction of sp³-hybridized carbons (Fsp3) is 1.00. The zero-order valence-corrected chi connectivity index (χ0v) is 10.6. The van der Waals surface area contributed by atoms with Gasteiger partial charge in [0.1, 0.15) is 0 Å². The molecule has 14 heavy (non-hydrogen) atoms. The van der Waals surface area contributed by atoms with Crippen molar-refractivity contribution in [3.63, 3.8) is 0 Å². The second kappa shape index (κ2) is 4.65. The van der Waals surface area contributed by atoms with Crippen LogP contribution in [0.1, 0.15) is 48.0 Å². The molecule has 1 heteroatoms. The van der Waals surface area contributed by atoms with Crippen molar-refractivity contribution in [1.82, 2.24) is 0 Å². The van der Waals surface area contributed by atoms with Gasteiger partial charge in [-0.2, -0.15) is 0 Å². The molecule has 0 radical (unpaired) electrons. The van der Waals surface area contributed by atoms with Crippen LogP contribution in [0.2, 0.25) is 0 Å². The molecule has 0 amide bonds. The van der Waals surface area contributed by atoms with Gasteiger partial charge in [0.15, 0.2) is 0 Å². The molecule has 0 saturated carbocycles. The molecule has 1 rings (SSSR count). The van der Waals surface area contributed by atoms with E-state index in [0.717, 1.165) is 17.8 Å². The van der Waals surface area contributed by atoms with Crippen LogP contribution in [0, 0.1) is 23.7 Å². The van der Waals surface area contributed by atoms with E-state index in [1.807, 2.05) is 0 Å². The molecule has 0 aromatic carbocycles. The van der Waals surface area contributed by atoms with E-state index >= 15 is 0 Å². The Morgan fingerprint density at radius 2 is 1.64 bits per heavy atom. The summed E-state index contributed by atoms with van der Waals surface area (Å²) in [4.78, 5) is 0. The maximum absolute atomic E-state index is 6.06. The maximum Gasteiger partial charge on any atom is 0.0638 e. The Balaban J connectivity index is 2.66. The van der Waals surface area contributed by atoms with Crippen LogP contribution >= 0.6 is 0 Å². The molecule has 1 unspecified atom stereocenters. The predicted octanol–water partition coefficient (Wildman–Crippen LogP) is 3.73. The summed E-state index contributed by atoms with van der Waals surface area (Å²) in [5, 5.41) is 0. The van der Waals surface area contributed by atoms with Gasteiger partial charge >= 0.3 is 0 Å². The Bertz CT molecular complexity index is 174. The molecule has 0 bridgehead atoms. The quantitative estimate of drug-likeness (QED) is 0.671. The maximum atomic E-state index is 6.06. The Hall–Kier alpha value is -0.0400. The molecule has 0 spiro atoms. The summed E-state index contributed by atoms with van der Waals surface area (Å²) in [6, 6.07) is 0. The monoisotopic (exact) mass is 198 g/mol. The largest absolute Gasteiger partial charge is 0.375 e. The third-order valence-electron chi connectivity index (χ3n) is 3.84. The highest BCUT2D eigenvalue weighted by atomic mass is 16.5. The van der Waals surface area contributed by atoms with E-state index in [2.05, 4.69) is 41.5 Å². The van der Waals surface area contributed by atoms with E-state index in [-0.39, 0.29) is 0 Å². The summed E-state index contributed by atoms with van der Waals surface area (Å²) in [6.07, 6.45) is 2.21. The first-order valence-electron chi connectivity index (χ1n) is 6.09. The summed E-state index contributed by atoms with van der Waals surface area (Å²) in [6.45, 7) is 13.8. The first-order chi connectivity index (χ1) is 6.43. The molecule has 4 atom stereocenters. The average molecular weight is 198 g/mol. The lowest BCUT2D eigenvalue weighted by atomic mass is 9.79. The van der Waals surface area contributed by atoms with Crippen LogP contribution in [0.15, 0.2) is 0 Å². The molecule has 1 aliphatic rings. The van der Waals surface area contributed by atoms with E-state index in [4.69, 9.17) is 4.74 Å². The van der Waals surface area contributed by atoms with Crippen molar-refractivity contribution in [1.29, 1.82) is 0 Å². The van der Waals surface area contributed by atoms with Crippen LogP contribution in [0.4, 0.5) is 0 Å². The smallest absolute Gasteiger partial charge is 0.0638 e. The average Bonchev–Trinajstić information content (AvgIpc) is 2.45. The van der Waals surface area contributed by atoms with Crippen molar-refractivity contribution >= 4 is 0 Å². The minimum atomic E-state index is 0.466. The van der Waals surface area contributed by atoms with Crippen molar-refractivity contribution in [2.45, 2.75) is 60.2 Å². The fourth-order valence-corrected chi connectivity index (χ4v) is 2.49. The number of hydrogen-bond acceptors (Lipinski definition) is 1. The van der Waals surface area contributed by atoms with Gasteiger partial charge in [0.2, 0.25) is 0 Å². The standard InChI is InChI=1S/C13H26O/c1-8(2)11(6)13-12(9(3)4)7-10(5)14-13/h8-13H,7H2,1-6H3/t10-,11?,12-,13+/m0/s1. The van der Waals surface area contributed by atoms with Crippen LogP contribution in [0.25, 0.3) is 0 Å². The number of ether oxygens (including phenoxy) is 1. The van der Waals surface area contributed by atoms with Gasteiger partial charge in [-0.15, -0.1) is 0 Å². The highest BCUT2D eigenvalue weighted by Crippen LogP contribution is 2.38. The van der Waals surface area contributed by atoms with Crippen molar-refractivity contribution in [2.24, 2.45) is 23.7 Å². The van der Waals surface area contributed by atoms with E-state index in [0.29, 0.717) is 18.1 Å². The molecular weight excluding hydrogens is 172 g/mol. The first-order valence-corrected chi connectivity index (χ1v) is 6.09. The van der Waals surface area contributed by atoms with Crippen LogP contribution in [0.5, 0.6) is 0 Å². The lowest BCUT2D eigenvalue weighted by molar-refractivity contribution is -0.00942. The number of hydrogen-bond donors (Lipinski definition) is 0. The molecule has 1 nitrogen and oxygen atoms in total. The van der Waals surface area contributed by atoms with Gasteiger partial charge in [0.25, 0.3) is 0 Å². The lowest BCUT2D eigenvalue weighted by Crippen LogP contribution is -2.30. The molecule has 0 aliphatic carbocycles. The molecular formula is C13H26O. The minimum absolute atomic E-state index is 0.466. The lowest BCUT2D eigenvalue weighted by Gasteiger charge is -2.29. The van der Waals surface area contributed by atoms with Gasteiger partial charge in [-0.05, 0) is 37.0 Å². The van der Waals surface area contributed by atoms with E-state index in [1.54, 1.807) is 0 Å². The molecule has 0 N–H and O–H groups in total. The van der Waals surface area contributed by atoms with Crippen molar-refractivity contribution in [2.75, 3.05) is 0 Å². The fourth-order valence-electron chi connectivity index (χ4n) is 2.49. The highest BCUT2D eigenvalue weighted by Gasteiger charge is 2.38. The molecule has 0 aromatic rings. The molecule has 0 aromatic heterocycles. The summed E-state index contributed by atoms with van der Waals surface area (Å²) < 4.78 is 6.06. The first kappa shape index (κ1) is 12.0. The molecule has 1 aliphatic heterocycles. The SMILES string of the molecule is CC(C)C(C)[C@H]1O[C@@H](C)C[C@H]1C(C)C. The zero-order valence-electron chi connectivity index (χ0n) is 10.6. The van der Waals surface area contributed by atoms with Crippen LogP contribution < -0.4 is 0 Å². The van der Waals surface area contributed by atoms with Gasteiger partial charge in [0, 0.05) is 0 Å². The third kappa shape index (κ3) is 2.50. The van der Waals surface area contributed by atoms with Gasteiger partial charge in [-0.1, -0.05) is 34.6 Å². The number of rotatable bonds is 3. The Morgan fingerprint density at radius 1 is 1.07 bits per heavy atom. The molecule has 1 saturated heterocycles. The van der Waals surface area contributed by atoms with Crippen LogP contribution in [0.3, 0.4) is 0 Å². The van der Waals surface area contributed by atoms with Crippen LogP contribution in [-0.2, 0) is 4.74 Å². The van der Waals surface area contributed by atoms with E-state index in [9.17, 15) is 0 Å². The highest BCUT2D eigenvalue weighted by molar-refractivity contribution is 4.86. The molecule has 1 heterocycles. The Labute approximate surface area is 89.2 Å². The minimum Gasteiger partial charge on any atom is -0.375 e. The van der Waals surface area contributed by atoms with Crippen molar-refractivity contribution in [3.05, 3.63) is 0 Å². The van der Waals surface area contributed by atoms with Crippen molar-refractivity contribution < 1.29 is 4.74 Å². The van der Waals surface area contributed by atoms with Gasteiger partial charge in [-0.3, -0.25) is 0 Å². The summed E-state index contributed by atoms with van der Waals surface area (Å²) in [7, 11) is 0. The van der Waals surface area contributed by atoms with Crippen LogP contribution in [-0.4, -0.2) is 12.2 Å². The molecule has 84 valence electrons. The Morgan fingerprint density at radius 3 is 2.07 bits per heavy atom. The van der Waals surface area contributed by atoms with Gasteiger partial charge < -0.3 is 4.74 Å². The summed E-state index contributed by atoms with van der Waals surface area (Å²) >= 11 is 0. The van der Waals surface area contributed by atoms with E-state index in [1.165, 1.54) is 6.42 Å². The summed E-state index contributed by atoms with van der Waals surface area (Å²) in [5.74, 6) is 2.94.